The molecule has 1 aliphatic heterocycles. The van der Waals surface area contributed by atoms with Crippen molar-refractivity contribution in [3.63, 3.8) is 0 Å². The van der Waals surface area contributed by atoms with E-state index in [1.54, 1.807) is 6.08 Å². The maximum atomic E-state index is 9.96. The number of hydrogen-bond acceptors (Lipinski definition) is 4. The predicted molar refractivity (Wildman–Crippen MR) is 81.0 cm³/mol. The second-order valence-electron chi connectivity index (χ2n) is 5.51. The molecule has 0 bridgehead atoms. The Morgan fingerprint density at radius 3 is 2.80 bits per heavy atom. The highest BCUT2D eigenvalue weighted by atomic mass is 16.5. The topological polar surface area (TPSA) is 65.3 Å². The molecule has 2 rings (SSSR count). The maximum absolute atomic E-state index is 9.96. The fraction of sp³-hybridized carbons (Fsp3) is 0.562. The summed E-state index contributed by atoms with van der Waals surface area (Å²) in [5.74, 6) is 0.526. The smallest absolute Gasteiger partial charge is 0.121 e. The average Bonchev–Trinajstić information content (AvgIpc) is 2.46. The van der Waals surface area contributed by atoms with Gasteiger partial charge in [-0.1, -0.05) is 13.8 Å². The first-order valence-corrected chi connectivity index (χ1v) is 7.37. The Balaban J connectivity index is 2.09. The van der Waals surface area contributed by atoms with E-state index >= 15 is 0 Å². The Bertz CT molecular complexity index is 457. The first-order chi connectivity index (χ1) is 9.61. The fourth-order valence-electron chi connectivity index (χ4n) is 2.43. The van der Waals surface area contributed by atoms with Crippen molar-refractivity contribution in [3.8, 4) is 0 Å². The third kappa shape index (κ3) is 3.51. The molecule has 110 valence electrons. The van der Waals surface area contributed by atoms with E-state index in [9.17, 15) is 5.11 Å². The summed E-state index contributed by atoms with van der Waals surface area (Å²) in [7, 11) is 0. The Hall–Kier alpha value is -1.55. The van der Waals surface area contributed by atoms with E-state index in [0.717, 1.165) is 43.6 Å². The summed E-state index contributed by atoms with van der Waals surface area (Å²) < 4.78 is 5.33. The molecule has 4 heteroatoms. The van der Waals surface area contributed by atoms with Crippen LogP contribution >= 0.6 is 0 Å². The van der Waals surface area contributed by atoms with Gasteiger partial charge < -0.3 is 20.6 Å². The van der Waals surface area contributed by atoms with E-state index in [4.69, 9.17) is 10.1 Å². The lowest BCUT2D eigenvalue weighted by molar-refractivity contribution is 0.0812. The van der Waals surface area contributed by atoms with Gasteiger partial charge in [0.25, 0.3) is 0 Å². The molecular formula is C16H24N2O2. The van der Waals surface area contributed by atoms with Crippen molar-refractivity contribution in [3.05, 3.63) is 35.3 Å². The molecule has 0 radical (unpaired) electrons. The molecule has 0 amide bonds. The summed E-state index contributed by atoms with van der Waals surface area (Å²) >= 11 is 0. The third-order valence-corrected chi connectivity index (χ3v) is 4.04. The standard InChI is InChI=1S/C16H24N2O2/c1-3-11(2)14-8-12(15(17)9-16(14)19)10-18-13-4-6-20-7-5-13/h8-11,13,17-19H,3-7H2,1-2H3/b12-10-,17-15?. The summed E-state index contributed by atoms with van der Waals surface area (Å²) in [6.07, 6.45) is 8.35. The molecule has 0 aromatic rings. The molecule has 1 atom stereocenters. The number of allylic oxidation sites excluding steroid dienone is 4. The minimum Gasteiger partial charge on any atom is -0.508 e. The minimum absolute atomic E-state index is 0.229. The van der Waals surface area contributed by atoms with E-state index in [1.165, 1.54) is 0 Å². The van der Waals surface area contributed by atoms with Crippen molar-refractivity contribution in [2.24, 2.45) is 5.92 Å². The zero-order valence-electron chi connectivity index (χ0n) is 12.3. The van der Waals surface area contributed by atoms with Crippen molar-refractivity contribution < 1.29 is 9.84 Å². The Kier molecular flexibility index (Phi) is 5.01. The van der Waals surface area contributed by atoms with Gasteiger partial charge in [-0.25, -0.2) is 0 Å². The highest BCUT2D eigenvalue weighted by Crippen LogP contribution is 2.26. The number of aliphatic hydroxyl groups is 1. The second kappa shape index (κ2) is 6.75. The van der Waals surface area contributed by atoms with E-state index < -0.39 is 0 Å². The summed E-state index contributed by atoms with van der Waals surface area (Å²) in [4.78, 5) is 0. The van der Waals surface area contributed by atoms with Crippen LogP contribution in [0.2, 0.25) is 0 Å². The second-order valence-corrected chi connectivity index (χ2v) is 5.51. The lowest BCUT2D eigenvalue weighted by Crippen LogP contribution is -2.32. The molecule has 4 nitrogen and oxygen atoms in total. The van der Waals surface area contributed by atoms with Crippen LogP contribution in [0.15, 0.2) is 35.3 Å². The lowest BCUT2D eigenvalue weighted by Gasteiger charge is -2.23. The van der Waals surface area contributed by atoms with Crippen LogP contribution in [0.25, 0.3) is 0 Å². The molecule has 1 aliphatic carbocycles. The molecule has 2 aliphatic rings. The van der Waals surface area contributed by atoms with E-state index in [2.05, 4.69) is 19.2 Å². The van der Waals surface area contributed by atoms with Crippen LogP contribution < -0.4 is 5.32 Å². The lowest BCUT2D eigenvalue weighted by atomic mass is 9.89. The summed E-state index contributed by atoms with van der Waals surface area (Å²) in [5.41, 5.74) is 2.11. The largest absolute Gasteiger partial charge is 0.508 e. The van der Waals surface area contributed by atoms with Crippen molar-refractivity contribution >= 4 is 5.71 Å². The maximum Gasteiger partial charge on any atom is 0.121 e. The molecule has 0 spiro atoms. The molecule has 3 N–H and O–H groups in total. The highest BCUT2D eigenvalue weighted by molar-refractivity contribution is 6.10. The van der Waals surface area contributed by atoms with Crippen LogP contribution in [0.5, 0.6) is 0 Å². The molecule has 1 fully saturated rings. The molecule has 1 heterocycles. The van der Waals surface area contributed by atoms with Crippen molar-refractivity contribution in [1.29, 1.82) is 5.41 Å². The van der Waals surface area contributed by atoms with Crippen LogP contribution in [0.4, 0.5) is 0 Å². The van der Waals surface area contributed by atoms with Crippen LogP contribution in [0, 0.1) is 11.3 Å². The molecule has 0 aromatic carbocycles. The van der Waals surface area contributed by atoms with Crippen LogP contribution in [0.1, 0.15) is 33.1 Å². The van der Waals surface area contributed by atoms with E-state index in [1.807, 2.05) is 12.3 Å². The van der Waals surface area contributed by atoms with Gasteiger partial charge in [0.15, 0.2) is 0 Å². The molecule has 1 saturated heterocycles. The first kappa shape index (κ1) is 14.9. The van der Waals surface area contributed by atoms with Gasteiger partial charge in [0.1, 0.15) is 5.76 Å². The summed E-state index contributed by atoms with van der Waals surface area (Å²) in [6, 6.07) is 0.420. The van der Waals surface area contributed by atoms with Crippen LogP contribution in [-0.2, 0) is 4.74 Å². The molecular weight excluding hydrogens is 252 g/mol. The van der Waals surface area contributed by atoms with Gasteiger partial charge in [0.05, 0.1) is 5.71 Å². The van der Waals surface area contributed by atoms with Crippen molar-refractivity contribution in [2.45, 2.75) is 39.2 Å². The SMILES string of the molecule is CCC(C)C1=C/C(=C/NC2CCOCC2)C(=N)C=C1O. The number of rotatable bonds is 4. The van der Waals surface area contributed by atoms with E-state index in [0.29, 0.717) is 17.7 Å². The molecule has 1 unspecified atom stereocenters. The molecule has 0 saturated carbocycles. The van der Waals surface area contributed by atoms with E-state index in [-0.39, 0.29) is 5.76 Å². The van der Waals surface area contributed by atoms with Crippen LogP contribution in [0.3, 0.4) is 0 Å². The Morgan fingerprint density at radius 1 is 1.45 bits per heavy atom. The summed E-state index contributed by atoms with van der Waals surface area (Å²) in [5, 5.41) is 21.3. The predicted octanol–water partition coefficient (Wildman–Crippen LogP) is 3.09. The van der Waals surface area contributed by atoms with Gasteiger partial charge in [-0.15, -0.1) is 0 Å². The normalized spacial score (nSPS) is 24.3. The fourth-order valence-corrected chi connectivity index (χ4v) is 2.43. The van der Waals surface area contributed by atoms with Gasteiger partial charge in [-0.3, -0.25) is 0 Å². The zero-order valence-corrected chi connectivity index (χ0v) is 12.3. The molecule has 0 aromatic heterocycles. The molecule has 20 heavy (non-hydrogen) atoms. The Labute approximate surface area is 120 Å². The summed E-state index contributed by atoms with van der Waals surface area (Å²) in [6.45, 7) is 5.79. The van der Waals surface area contributed by atoms with Gasteiger partial charge in [0.2, 0.25) is 0 Å². The van der Waals surface area contributed by atoms with Crippen LogP contribution in [-0.4, -0.2) is 30.1 Å². The zero-order chi connectivity index (χ0) is 14.5. The monoisotopic (exact) mass is 276 g/mol. The Morgan fingerprint density at radius 2 is 2.15 bits per heavy atom. The van der Waals surface area contributed by atoms with Gasteiger partial charge >= 0.3 is 0 Å². The average molecular weight is 276 g/mol. The number of hydrogen-bond donors (Lipinski definition) is 3. The van der Waals surface area contributed by atoms with Crippen molar-refractivity contribution in [1.82, 2.24) is 5.32 Å². The van der Waals surface area contributed by atoms with Gasteiger partial charge in [-0.05, 0) is 36.8 Å². The minimum atomic E-state index is 0.229. The van der Waals surface area contributed by atoms with Crippen molar-refractivity contribution in [2.75, 3.05) is 13.2 Å². The van der Waals surface area contributed by atoms with Gasteiger partial charge in [-0.2, -0.15) is 0 Å². The first-order valence-electron chi connectivity index (χ1n) is 7.37. The third-order valence-electron chi connectivity index (χ3n) is 4.04. The van der Waals surface area contributed by atoms with Gasteiger partial charge in [0, 0.05) is 37.1 Å². The number of ether oxygens (including phenoxy) is 1. The quantitative estimate of drug-likeness (QED) is 0.739. The number of nitrogens with one attached hydrogen (secondary N) is 2. The highest BCUT2D eigenvalue weighted by Gasteiger charge is 2.19. The number of aliphatic hydroxyl groups excluding tert-OH is 1.